The summed E-state index contributed by atoms with van der Waals surface area (Å²) in [7, 11) is 0. The minimum Gasteiger partial charge on any atom is -0.480 e. The fraction of sp³-hybridized carbons (Fsp3) is 0.857. The number of aliphatic hydroxyl groups is 2. The van der Waals surface area contributed by atoms with E-state index in [1.54, 1.807) is 0 Å². The van der Waals surface area contributed by atoms with Crippen LogP contribution in [0.1, 0.15) is 32.1 Å². The van der Waals surface area contributed by atoms with Gasteiger partial charge in [0.05, 0.1) is 13.2 Å². The number of amides is 2. The second-order valence-corrected chi connectivity index (χ2v) is 5.83. The van der Waals surface area contributed by atoms with E-state index in [-0.39, 0.29) is 44.3 Å². The molecule has 0 aromatic rings. The Hall–Kier alpha value is -1.34. The maximum atomic E-state index is 12.7. The van der Waals surface area contributed by atoms with Crippen LogP contribution in [0.4, 0.5) is 4.79 Å². The second-order valence-electron chi connectivity index (χ2n) is 5.83. The van der Waals surface area contributed by atoms with Gasteiger partial charge in [-0.25, -0.2) is 9.59 Å². The van der Waals surface area contributed by atoms with Crippen LogP contribution in [-0.2, 0) is 4.79 Å². The second kappa shape index (κ2) is 7.09. The first-order valence-electron chi connectivity index (χ1n) is 7.62. The van der Waals surface area contributed by atoms with Crippen LogP contribution in [0.15, 0.2) is 0 Å². The van der Waals surface area contributed by atoms with Crippen LogP contribution in [-0.4, -0.2) is 75.5 Å². The number of carboxylic acid groups (broad SMARTS) is 1. The zero-order valence-electron chi connectivity index (χ0n) is 12.1. The number of hydrogen-bond donors (Lipinski definition) is 3. The number of carbonyl (C=O) groups excluding carboxylic acids is 1. The maximum absolute atomic E-state index is 12.7. The first kappa shape index (κ1) is 16.0. The van der Waals surface area contributed by atoms with Crippen molar-refractivity contribution in [2.75, 3.05) is 26.3 Å². The summed E-state index contributed by atoms with van der Waals surface area (Å²) in [6.07, 6.45) is 4.42. The highest BCUT2D eigenvalue weighted by Crippen LogP contribution is 2.40. The average Bonchev–Trinajstić information content (AvgIpc) is 2.86. The highest BCUT2D eigenvalue weighted by atomic mass is 16.4. The van der Waals surface area contributed by atoms with E-state index in [1.807, 2.05) is 0 Å². The smallest absolute Gasteiger partial charge is 0.326 e. The predicted molar refractivity (Wildman–Crippen MR) is 74.8 cm³/mol. The molecule has 1 heterocycles. The Morgan fingerprint density at radius 1 is 1.10 bits per heavy atom. The Kier molecular flexibility index (Phi) is 5.41. The minimum atomic E-state index is -0.967. The number of carboxylic acids is 1. The van der Waals surface area contributed by atoms with E-state index in [4.69, 9.17) is 10.2 Å². The first-order chi connectivity index (χ1) is 10.1. The summed E-state index contributed by atoms with van der Waals surface area (Å²) >= 11 is 0. The van der Waals surface area contributed by atoms with Crippen molar-refractivity contribution in [3.05, 3.63) is 0 Å². The van der Waals surface area contributed by atoms with Gasteiger partial charge >= 0.3 is 12.0 Å². The predicted octanol–water partition coefficient (Wildman–Crippen LogP) is 0.111. The zero-order valence-corrected chi connectivity index (χ0v) is 12.1. The number of hydrogen-bond acceptors (Lipinski definition) is 4. The van der Waals surface area contributed by atoms with Gasteiger partial charge in [0.15, 0.2) is 0 Å². The average molecular weight is 300 g/mol. The van der Waals surface area contributed by atoms with E-state index in [9.17, 15) is 14.7 Å². The molecule has 0 spiro atoms. The Bertz CT molecular complexity index is 384. The van der Waals surface area contributed by atoms with Crippen molar-refractivity contribution in [1.29, 1.82) is 0 Å². The fourth-order valence-corrected chi connectivity index (χ4v) is 3.66. The number of urea groups is 1. The van der Waals surface area contributed by atoms with E-state index < -0.39 is 12.0 Å². The van der Waals surface area contributed by atoms with Gasteiger partial charge < -0.3 is 25.1 Å². The van der Waals surface area contributed by atoms with Crippen molar-refractivity contribution >= 4 is 12.0 Å². The van der Waals surface area contributed by atoms with Crippen LogP contribution in [0, 0.1) is 5.92 Å². The number of nitrogens with zero attached hydrogens (tertiary/aromatic N) is 2. The molecule has 2 amide bonds. The molecule has 3 unspecified atom stereocenters. The van der Waals surface area contributed by atoms with Crippen LogP contribution in [0.25, 0.3) is 0 Å². The topological polar surface area (TPSA) is 101 Å². The summed E-state index contributed by atoms with van der Waals surface area (Å²) in [6.45, 7) is -0.184. The molecule has 7 heteroatoms. The standard InChI is InChI=1S/C14H24N2O5/c17-7-5-15(6-8-18)14(21)16-11-4-2-1-3-10(11)9-12(16)13(19)20/h10-12,17-18H,1-9H2,(H,19,20). The number of aliphatic carboxylic acids is 1. The van der Waals surface area contributed by atoms with Crippen LogP contribution in [0.3, 0.4) is 0 Å². The third kappa shape index (κ3) is 3.29. The lowest BCUT2D eigenvalue weighted by Gasteiger charge is -2.36. The molecule has 2 rings (SSSR count). The molecule has 1 aliphatic carbocycles. The molecule has 3 atom stereocenters. The van der Waals surface area contributed by atoms with Gasteiger partial charge in [0, 0.05) is 19.1 Å². The lowest BCUT2D eigenvalue weighted by molar-refractivity contribution is -0.141. The molecule has 7 nitrogen and oxygen atoms in total. The van der Waals surface area contributed by atoms with Crippen molar-refractivity contribution in [2.24, 2.45) is 5.92 Å². The van der Waals surface area contributed by atoms with E-state index in [0.717, 1.165) is 25.7 Å². The zero-order chi connectivity index (χ0) is 15.4. The van der Waals surface area contributed by atoms with Crippen LogP contribution in [0.5, 0.6) is 0 Å². The lowest BCUT2D eigenvalue weighted by Crippen LogP contribution is -2.53. The van der Waals surface area contributed by atoms with Gasteiger partial charge in [0.25, 0.3) is 0 Å². The summed E-state index contributed by atoms with van der Waals surface area (Å²) in [6, 6.07) is -1.18. The van der Waals surface area contributed by atoms with Gasteiger partial charge in [-0.05, 0) is 25.2 Å². The summed E-state index contributed by atoms with van der Waals surface area (Å²) in [4.78, 5) is 27.0. The molecule has 2 aliphatic rings. The number of carbonyl (C=O) groups is 2. The fourth-order valence-electron chi connectivity index (χ4n) is 3.66. The molecule has 1 aliphatic heterocycles. The van der Waals surface area contributed by atoms with E-state index >= 15 is 0 Å². The number of fused-ring (bicyclic) bond motifs is 1. The van der Waals surface area contributed by atoms with E-state index in [1.165, 1.54) is 9.80 Å². The van der Waals surface area contributed by atoms with Crippen LogP contribution < -0.4 is 0 Å². The van der Waals surface area contributed by atoms with Gasteiger partial charge in [-0.15, -0.1) is 0 Å². The molecular weight excluding hydrogens is 276 g/mol. The highest BCUT2D eigenvalue weighted by Gasteiger charge is 2.48. The minimum absolute atomic E-state index is 0.0211. The molecule has 120 valence electrons. The Morgan fingerprint density at radius 2 is 1.71 bits per heavy atom. The normalized spacial score (nSPS) is 28.3. The molecule has 0 bridgehead atoms. The molecule has 0 aromatic carbocycles. The highest BCUT2D eigenvalue weighted by molar-refractivity contribution is 5.84. The SMILES string of the molecule is O=C(O)C1CC2CCCCC2N1C(=O)N(CCO)CCO. The molecular formula is C14H24N2O5. The van der Waals surface area contributed by atoms with E-state index in [2.05, 4.69) is 0 Å². The summed E-state index contributed by atoms with van der Waals surface area (Å²) < 4.78 is 0. The Morgan fingerprint density at radius 3 is 2.29 bits per heavy atom. The summed E-state index contributed by atoms with van der Waals surface area (Å²) in [5, 5.41) is 27.5. The summed E-state index contributed by atoms with van der Waals surface area (Å²) in [5.41, 5.74) is 0. The van der Waals surface area contributed by atoms with Crippen molar-refractivity contribution in [1.82, 2.24) is 9.80 Å². The van der Waals surface area contributed by atoms with Gasteiger partial charge in [0.1, 0.15) is 6.04 Å². The largest absolute Gasteiger partial charge is 0.480 e. The number of rotatable bonds is 5. The Labute approximate surface area is 124 Å². The molecule has 1 saturated carbocycles. The Balaban J connectivity index is 2.19. The number of aliphatic hydroxyl groups excluding tert-OH is 2. The number of likely N-dealkylation sites (tertiary alicyclic amines) is 1. The molecule has 21 heavy (non-hydrogen) atoms. The van der Waals surface area contributed by atoms with Crippen molar-refractivity contribution < 1.29 is 24.9 Å². The molecule has 2 fully saturated rings. The third-order valence-electron chi connectivity index (χ3n) is 4.60. The van der Waals surface area contributed by atoms with Crippen LogP contribution >= 0.6 is 0 Å². The van der Waals surface area contributed by atoms with Crippen molar-refractivity contribution in [3.8, 4) is 0 Å². The molecule has 3 N–H and O–H groups in total. The van der Waals surface area contributed by atoms with Gasteiger partial charge in [-0.3, -0.25) is 0 Å². The van der Waals surface area contributed by atoms with Gasteiger partial charge in [-0.1, -0.05) is 12.8 Å². The third-order valence-corrected chi connectivity index (χ3v) is 4.60. The van der Waals surface area contributed by atoms with Crippen molar-refractivity contribution in [3.63, 3.8) is 0 Å². The molecule has 0 aromatic heterocycles. The molecule has 0 radical (unpaired) electrons. The quantitative estimate of drug-likeness (QED) is 0.669. The monoisotopic (exact) mass is 300 g/mol. The maximum Gasteiger partial charge on any atom is 0.326 e. The summed E-state index contributed by atoms with van der Waals surface area (Å²) in [5.74, 6) is -0.709. The van der Waals surface area contributed by atoms with Crippen LogP contribution in [0.2, 0.25) is 0 Å². The van der Waals surface area contributed by atoms with E-state index in [0.29, 0.717) is 6.42 Å². The van der Waals surface area contributed by atoms with Gasteiger partial charge in [-0.2, -0.15) is 0 Å². The first-order valence-corrected chi connectivity index (χ1v) is 7.62. The molecule has 1 saturated heterocycles. The lowest BCUT2D eigenvalue weighted by atomic mass is 9.85. The van der Waals surface area contributed by atoms with Crippen molar-refractivity contribution in [2.45, 2.75) is 44.2 Å². The van der Waals surface area contributed by atoms with Gasteiger partial charge in [0.2, 0.25) is 0 Å².